The highest BCUT2D eigenvalue weighted by molar-refractivity contribution is 9.10. The Morgan fingerprint density at radius 2 is 2.11 bits per heavy atom. The summed E-state index contributed by atoms with van der Waals surface area (Å²) in [7, 11) is 0. The van der Waals surface area contributed by atoms with Crippen molar-refractivity contribution < 1.29 is 5.11 Å². The first-order chi connectivity index (χ1) is 8.70. The topological polar surface area (TPSA) is 63.8 Å². The molecule has 0 amide bonds. The Morgan fingerprint density at radius 3 is 2.78 bits per heavy atom. The van der Waals surface area contributed by atoms with Gasteiger partial charge in [-0.3, -0.25) is 0 Å². The lowest BCUT2D eigenvalue weighted by molar-refractivity contribution is 0.250. The number of nitrogens with zero attached hydrogens (tertiary/aromatic N) is 4. The van der Waals surface area contributed by atoms with Gasteiger partial charge in [0.25, 0.3) is 0 Å². The van der Waals surface area contributed by atoms with Crippen molar-refractivity contribution in [3.05, 3.63) is 28.7 Å². The molecule has 0 bridgehead atoms. The van der Waals surface area contributed by atoms with Crippen LogP contribution in [0.4, 0.5) is 0 Å². The molecule has 1 aromatic heterocycles. The van der Waals surface area contributed by atoms with E-state index in [-0.39, 0.29) is 12.5 Å². The van der Waals surface area contributed by atoms with E-state index in [1.165, 1.54) is 0 Å². The number of aromatic nitrogens is 4. The molecule has 2 rings (SSSR count). The van der Waals surface area contributed by atoms with Gasteiger partial charge >= 0.3 is 0 Å². The Labute approximate surface area is 118 Å². The first kappa shape index (κ1) is 13.5. The van der Waals surface area contributed by atoms with Crippen molar-refractivity contribution in [2.75, 3.05) is 12.4 Å². The van der Waals surface area contributed by atoms with Crippen LogP contribution in [-0.4, -0.2) is 37.7 Å². The van der Waals surface area contributed by atoms with Crippen LogP contribution in [0.15, 0.2) is 33.9 Å². The number of thioether (sulfide) groups is 1. The lowest BCUT2D eigenvalue weighted by atomic mass is 10.2. The van der Waals surface area contributed by atoms with Crippen LogP contribution >= 0.6 is 27.7 Å². The number of rotatable bonds is 5. The van der Waals surface area contributed by atoms with Crippen LogP contribution in [0.1, 0.15) is 6.92 Å². The summed E-state index contributed by atoms with van der Waals surface area (Å²) in [5, 5.41) is 21.4. The molecule has 0 saturated carbocycles. The quantitative estimate of drug-likeness (QED) is 0.852. The first-order valence-electron chi connectivity index (χ1n) is 5.48. The maximum atomic E-state index is 9.00. The molecule has 1 aromatic carbocycles. The van der Waals surface area contributed by atoms with Crippen LogP contribution in [0.25, 0.3) is 5.69 Å². The number of hydrogen-bond acceptors (Lipinski definition) is 5. The fourth-order valence-electron chi connectivity index (χ4n) is 1.28. The van der Waals surface area contributed by atoms with Crippen molar-refractivity contribution in [1.82, 2.24) is 20.2 Å². The molecule has 5 nitrogen and oxygen atoms in total. The Kier molecular flexibility index (Phi) is 4.73. The standard InChI is InChI=1S/C11H13BrN4OS/c1-8(6-17)7-18-11-13-14-15-16(11)10-4-2-9(12)3-5-10/h2-5,8,17H,6-7H2,1H3/t8-/m0/s1. The van der Waals surface area contributed by atoms with Gasteiger partial charge in [-0.1, -0.05) is 34.6 Å². The zero-order valence-electron chi connectivity index (χ0n) is 9.82. The summed E-state index contributed by atoms with van der Waals surface area (Å²) in [6.07, 6.45) is 0. The zero-order chi connectivity index (χ0) is 13.0. The molecule has 0 radical (unpaired) electrons. The summed E-state index contributed by atoms with van der Waals surface area (Å²) in [5.74, 6) is 1.01. The third-order valence-electron chi connectivity index (χ3n) is 2.32. The van der Waals surface area contributed by atoms with Crippen molar-refractivity contribution in [3.8, 4) is 5.69 Å². The summed E-state index contributed by atoms with van der Waals surface area (Å²) in [4.78, 5) is 0. The van der Waals surface area contributed by atoms with Crippen molar-refractivity contribution in [3.63, 3.8) is 0 Å². The second kappa shape index (κ2) is 6.31. The van der Waals surface area contributed by atoms with E-state index < -0.39 is 0 Å². The number of benzene rings is 1. The largest absolute Gasteiger partial charge is 0.396 e. The van der Waals surface area contributed by atoms with Crippen molar-refractivity contribution >= 4 is 27.7 Å². The highest BCUT2D eigenvalue weighted by Gasteiger charge is 2.10. The molecule has 0 aliphatic carbocycles. The second-order valence-electron chi connectivity index (χ2n) is 3.95. The van der Waals surface area contributed by atoms with E-state index in [1.54, 1.807) is 16.4 Å². The molecular weight excluding hydrogens is 316 g/mol. The normalized spacial score (nSPS) is 12.6. The number of tetrazole rings is 1. The Hall–Kier alpha value is -0.920. The summed E-state index contributed by atoms with van der Waals surface area (Å²) in [5.41, 5.74) is 0.919. The molecule has 18 heavy (non-hydrogen) atoms. The van der Waals surface area contributed by atoms with Crippen molar-refractivity contribution in [2.45, 2.75) is 12.1 Å². The van der Waals surface area contributed by atoms with Crippen LogP contribution in [-0.2, 0) is 0 Å². The van der Waals surface area contributed by atoms with Gasteiger partial charge in [0, 0.05) is 16.8 Å². The molecule has 7 heteroatoms. The van der Waals surface area contributed by atoms with Crippen LogP contribution in [0.5, 0.6) is 0 Å². The van der Waals surface area contributed by atoms with Crippen LogP contribution < -0.4 is 0 Å². The highest BCUT2D eigenvalue weighted by atomic mass is 79.9. The van der Waals surface area contributed by atoms with Gasteiger partial charge in [-0.05, 0) is 40.6 Å². The third kappa shape index (κ3) is 3.30. The van der Waals surface area contributed by atoms with Gasteiger partial charge in [0.05, 0.1) is 5.69 Å². The lowest BCUT2D eigenvalue weighted by Gasteiger charge is -2.07. The molecular formula is C11H13BrN4OS. The number of hydrogen-bond donors (Lipinski definition) is 1. The van der Waals surface area contributed by atoms with Crippen LogP contribution in [0.3, 0.4) is 0 Å². The van der Waals surface area contributed by atoms with Gasteiger partial charge in [-0.25, -0.2) is 0 Å². The summed E-state index contributed by atoms with van der Waals surface area (Å²) >= 11 is 4.93. The SMILES string of the molecule is C[C@@H](CO)CSc1nnnn1-c1ccc(Br)cc1. The second-order valence-corrected chi connectivity index (χ2v) is 5.85. The molecule has 0 aliphatic heterocycles. The minimum Gasteiger partial charge on any atom is -0.396 e. The molecule has 96 valence electrons. The number of aliphatic hydroxyl groups excluding tert-OH is 1. The molecule has 0 aliphatic rings. The van der Waals surface area contributed by atoms with Crippen LogP contribution in [0, 0.1) is 5.92 Å². The van der Waals surface area contributed by atoms with Gasteiger partial charge < -0.3 is 5.11 Å². The molecule has 0 spiro atoms. The molecule has 1 atom stereocenters. The van der Waals surface area contributed by atoms with E-state index in [4.69, 9.17) is 5.11 Å². The van der Waals surface area contributed by atoms with E-state index in [2.05, 4.69) is 31.5 Å². The Bertz CT molecular complexity index is 502. The minimum absolute atomic E-state index is 0.173. The number of halogens is 1. The minimum atomic E-state index is 0.173. The average molecular weight is 329 g/mol. The number of aliphatic hydroxyl groups is 1. The van der Waals surface area contributed by atoms with E-state index in [0.29, 0.717) is 0 Å². The van der Waals surface area contributed by atoms with Gasteiger partial charge in [0.2, 0.25) is 5.16 Å². The molecule has 2 aromatic rings. The Balaban J connectivity index is 2.14. The third-order valence-corrected chi connectivity index (χ3v) is 4.10. The maximum absolute atomic E-state index is 9.00. The van der Waals surface area contributed by atoms with Crippen molar-refractivity contribution in [1.29, 1.82) is 0 Å². The predicted octanol–water partition coefficient (Wildman–Crippen LogP) is 2.15. The average Bonchev–Trinajstić information content (AvgIpc) is 2.85. The zero-order valence-corrected chi connectivity index (χ0v) is 12.2. The first-order valence-corrected chi connectivity index (χ1v) is 7.26. The van der Waals surface area contributed by atoms with E-state index >= 15 is 0 Å². The van der Waals surface area contributed by atoms with E-state index in [0.717, 1.165) is 21.1 Å². The summed E-state index contributed by atoms with van der Waals surface area (Å²) < 4.78 is 2.71. The molecule has 0 fully saturated rings. The van der Waals surface area contributed by atoms with Crippen molar-refractivity contribution in [2.24, 2.45) is 5.92 Å². The van der Waals surface area contributed by atoms with Gasteiger partial charge in [-0.15, -0.1) is 5.10 Å². The molecule has 1 heterocycles. The summed E-state index contributed by atoms with van der Waals surface area (Å²) in [6, 6.07) is 7.78. The summed E-state index contributed by atoms with van der Waals surface area (Å²) in [6.45, 7) is 2.16. The maximum Gasteiger partial charge on any atom is 0.214 e. The highest BCUT2D eigenvalue weighted by Crippen LogP contribution is 2.21. The molecule has 0 saturated heterocycles. The molecule has 0 unspecified atom stereocenters. The van der Waals surface area contributed by atoms with E-state index in [9.17, 15) is 0 Å². The Morgan fingerprint density at radius 1 is 1.39 bits per heavy atom. The van der Waals surface area contributed by atoms with Crippen LogP contribution in [0.2, 0.25) is 0 Å². The van der Waals surface area contributed by atoms with Gasteiger partial charge in [0.15, 0.2) is 0 Å². The van der Waals surface area contributed by atoms with E-state index in [1.807, 2.05) is 31.2 Å². The van der Waals surface area contributed by atoms with Gasteiger partial charge in [-0.2, -0.15) is 4.68 Å². The lowest BCUT2D eigenvalue weighted by Crippen LogP contribution is -2.05. The van der Waals surface area contributed by atoms with Gasteiger partial charge in [0.1, 0.15) is 0 Å². The molecule has 1 N–H and O–H groups in total. The predicted molar refractivity (Wildman–Crippen MR) is 73.8 cm³/mol. The smallest absolute Gasteiger partial charge is 0.214 e. The fourth-order valence-corrected chi connectivity index (χ4v) is 2.44. The monoisotopic (exact) mass is 328 g/mol. The fraction of sp³-hybridized carbons (Fsp3) is 0.364.